The van der Waals surface area contributed by atoms with Crippen molar-refractivity contribution in [3.8, 4) is 5.75 Å². The summed E-state index contributed by atoms with van der Waals surface area (Å²) in [7, 11) is 0. The predicted molar refractivity (Wildman–Crippen MR) is 77.4 cm³/mol. The number of aliphatic carboxylic acids is 1. The van der Waals surface area contributed by atoms with Crippen LogP contribution in [0.3, 0.4) is 0 Å². The van der Waals surface area contributed by atoms with Crippen molar-refractivity contribution in [2.75, 3.05) is 19.7 Å². The van der Waals surface area contributed by atoms with Gasteiger partial charge in [0.25, 0.3) is 11.8 Å². The molecule has 1 fully saturated rings. The van der Waals surface area contributed by atoms with Crippen LogP contribution in [-0.4, -0.2) is 47.5 Å². The Kier molecular flexibility index (Phi) is 4.98. The molecule has 1 aromatic carbocycles. The number of carboxylic acids is 1. The molecule has 7 heteroatoms. The van der Waals surface area contributed by atoms with Gasteiger partial charge < -0.3 is 20.5 Å². The van der Waals surface area contributed by atoms with Crippen molar-refractivity contribution < 1.29 is 24.2 Å². The minimum absolute atomic E-state index is 0.179. The van der Waals surface area contributed by atoms with E-state index in [0.29, 0.717) is 24.9 Å². The number of nitrogens with zero attached hydrogens (tertiary/aromatic N) is 1. The lowest BCUT2D eigenvalue weighted by Gasteiger charge is -2.31. The third-order valence-corrected chi connectivity index (χ3v) is 3.55. The zero-order chi connectivity index (χ0) is 16.1. The molecule has 2 amide bonds. The highest BCUT2D eigenvalue weighted by molar-refractivity contribution is 5.97. The van der Waals surface area contributed by atoms with E-state index in [-0.39, 0.29) is 24.8 Å². The number of hydrogen-bond acceptors (Lipinski definition) is 4. The zero-order valence-corrected chi connectivity index (χ0v) is 12.0. The summed E-state index contributed by atoms with van der Waals surface area (Å²) in [6, 6.07) is 6.53. The van der Waals surface area contributed by atoms with Gasteiger partial charge in [-0.2, -0.15) is 0 Å². The number of carbonyl (C=O) groups excluding carboxylic acids is 2. The first-order valence-corrected chi connectivity index (χ1v) is 7.01. The van der Waals surface area contributed by atoms with E-state index in [0.717, 1.165) is 0 Å². The van der Waals surface area contributed by atoms with Crippen LogP contribution in [0.4, 0.5) is 0 Å². The first kappa shape index (κ1) is 15.8. The number of hydrogen-bond donors (Lipinski definition) is 2. The molecule has 1 atom stereocenters. The summed E-state index contributed by atoms with van der Waals surface area (Å²) < 4.78 is 5.25. The largest absolute Gasteiger partial charge is 0.483 e. The number of carbonyl (C=O) groups is 3. The second-order valence-corrected chi connectivity index (χ2v) is 5.18. The fourth-order valence-electron chi connectivity index (χ4n) is 2.45. The molecule has 1 aromatic rings. The Balaban J connectivity index is 2.15. The van der Waals surface area contributed by atoms with E-state index in [9.17, 15) is 14.4 Å². The van der Waals surface area contributed by atoms with Crippen LogP contribution in [0.2, 0.25) is 0 Å². The summed E-state index contributed by atoms with van der Waals surface area (Å²) in [5.74, 6) is -2.10. The molecule has 3 N–H and O–H groups in total. The maximum absolute atomic E-state index is 12.6. The van der Waals surface area contributed by atoms with Gasteiger partial charge in [-0.05, 0) is 25.0 Å². The van der Waals surface area contributed by atoms with Crippen LogP contribution < -0.4 is 10.5 Å². The highest BCUT2D eigenvalue weighted by Gasteiger charge is 2.29. The molecule has 0 aliphatic carbocycles. The minimum atomic E-state index is -0.893. The fraction of sp³-hybridized carbons (Fsp3) is 0.400. The van der Waals surface area contributed by atoms with E-state index in [1.54, 1.807) is 24.3 Å². The van der Waals surface area contributed by atoms with E-state index >= 15 is 0 Å². The van der Waals surface area contributed by atoms with Crippen molar-refractivity contribution in [2.24, 2.45) is 11.7 Å². The molecule has 0 radical (unpaired) electrons. The number of carboxylic acid groups (broad SMARTS) is 1. The van der Waals surface area contributed by atoms with Crippen molar-refractivity contribution in [1.29, 1.82) is 0 Å². The van der Waals surface area contributed by atoms with Crippen molar-refractivity contribution in [3.63, 3.8) is 0 Å². The first-order chi connectivity index (χ1) is 10.5. The second-order valence-electron chi connectivity index (χ2n) is 5.18. The summed E-state index contributed by atoms with van der Waals surface area (Å²) in [5, 5.41) is 9.09. The van der Waals surface area contributed by atoms with Crippen LogP contribution in [0, 0.1) is 5.92 Å². The normalized spacial score (nSPS) is 17.8. The maximum atomic E-state index is 12.6. The first-order valence-electron chi connectivity index (χ1n) is 7.01. The molecule has 0 spiro atoms. The number of ether oxygens (including phenoxy) is 1. The van der Waals surface area contributed by atoms with Crippen molar-refractivity contribution in [2.45, 2.75) is 12.8 Å². The van der Waals surface area contributed by atoms with Crippen molar-refractivity contribution in [3.05, 3.63) is 29.8 Å². The van der Waals surface area contributed by atoms with Gasteiger partial charge in [0, 0.05) is 13.1 Å². The molecule has 0 aromatic heterocycles. The lowest BCUT2D eigenvalue weighted by atomic mass is 9.97. The third-order valence-electron chi connectivity index (χ3n) is 3.55. The number of piperidine rings is 1. The fourth-order valence-corrected chi connectivity index (χ4v) is 2.45. The van der Waals surface area contributed by atoms with Crippen molar-refractivity contribution in [1.82, 2.24) is 4.90 Å². The van der Waals surface area contributed by atoms with Gasteiger partial charge in [0.2, 0.25) is 0 Å². The summed E-state index contributed by atoms with van der Waals surface area (Å²) >= 11 is 0. The SMILES string of the molecule is NC(=O)COc1ccccc1C(=O)N1CCC[C@@H](C(=O)O)C1. The maximum Gasteiger partial charge on any atom is 0.308 e. The van der Waals surface area contributed by atoms with E-state index in [4.69, 9.17) is 15.6 Å². The number of nitrogens with two attached hydrogens (primary N) is 1. The Morgan fingerprint density at radius 3 is 2.73 bits per heavy atom. The van der Waals surface area contributed by atoms with E-state index in [1.165, 1.54) is 4.90 Å². The molecule has 1 heterocycles. The molecule has 0 unspecified atom stereocenters. The zero-order valence-electron chi connectivity index (χ0n) is 12.0. The van der Waals surface area contributed by atoms with Crippen LogP contribution in [0.5, 0.6) is 5.75 Å². The summed E-state index contributed by atoms with van der Waals surface area (Å²) in [6.45, 7) is 0.368. The lowest BCUT2D eigenvalue weighted by Crippen LogP contribution is -2.42. The molecule has 1 aliphatic heterocycles. The molecule has 7 nitrogen and oxygen atoms in total. The van der Waals surface area contributed by atoms with Gasteiger partial charge in [0.1, 0.15) is 5.75 Å². The molecule has 2 rings (SSSR count). The van der Waals surface area contributed by atoms with Crippen LogP contribution >= 0.6 is 0 Å². The second kappa shape index (κ2) is 6.93. The van der Waals surface area contributed by atoms with Gasteiger partial charge in [-0.15, -0.1) is 0 Å². The lowest BCUT2D eigenvalue weighted by molar-refractivity contribution is -0.143. The van der Waals surface area contributed by atoms with E-state index < -0.39 is 17.8 Å². The standard InChI is InChI=1S/C15H18N2O5/c16-13(18)9-22-12-6-2-1-5-11(12)14(19)17-7-3-4-10(8-17)15(20)21/h1-2,5-6,10H,3-4,7-9H2,(H2,16,18)(H,20,21)/t10-/m1/s1. The smallest absolute Gasteiger partial charge is 0.308 e. The number of benzene rings is 1. The Bertz CT molecular complexity index is 587. The summed E-state index contributed by atoms with van der Waals surface area (Å²) in [5.41, 5.74) is 5.34. The van der Waals surface area contributed by atoms with Gasteiger partial charge in [0.15, 0.2) is 6.61 Å². The van der Waals surface area contributed by atoms with Gasteiger partial charge in [-0.25, -0.2) is 0 Å². The quantitative estimate of drug-likeness (QED) is 0.822. The number of amides is 2. The van der Waals surface area contributed by atoms with Gasteiger partial charge in [-0.3, -0.25) is 14.4 Å². The molecule has 0 bridgehead atoms. The number of likely N-dealkylation sites (tertiary alicyclic amines) is 1. The van der Waals surface area contributed by atoms with Crippen LogP contribution in [0.1, 0.15) is 23.2 Å². The summed E-state index contributed by atoms with van der Waals surface area (Å²) in [6.07, 6.45) is 1.21. The highest BCUT2D eigenvalue weighted by Crippen LogP contribution is 2.23. The number of para-hydroxylation sites is 1. The highest BCUT2D eigenvalue weighted by atomic mass is 16.5. The third kappa shape index (κ3) is 3.75. The molecule has 0 saturated carbocycles. The van der Waals surface area contributed by atoms with Crippen molar-refractivity contribution >= 4 is 17.8 Å². The Hall–Kier alpha value is -2.57. The number of rotatable bonds is 5. The predicted octanol–water partition coefficient (Wildman–Crippen LogP) is 0.487. The molecule has 22 heavy (non-hydrogen) atoms. The van der Waals surface area contributed by atoms with E-state index in [1.807, 2.05) is 0 Å². The molecular weight excluding hydrogens is 288 g/mol. The Morgan fingerprint density at radius 2 is 2.05 bits per heavy atom. The molecule has 118 valence electrons. The minimum Gasteiger partial charge on any atom is -0.483 e. The van der Waals surface area contributed by atoms with Crippen LogP contribution in [0.25, 0.3) is 0 Å². The van der Waals surface area contributed by atoms with Crippen LogP contribution in [0.15, 0.2) is 24.3 Å². The van der Waals surface area contributed by atoms with Gasteiger partial charge >= 0.3 is 5.97 Å². The van der Waals surface area contributed by atoms with E-state index in [2.05, 4.69) is 0 Å². The summed E-state index contributed by atoms with van der Waals surface area (Å²) in [4.78, 5) is 36.0. The van der Waals surface area contributed by atoms with Gasteiger partial charge in [-0.1, -0.05) is 12.1 Å². The Labute approximate surface area is 127 Å². The Morgan fingerprint density at radius 1 is 1.32 bits per heavy atom. The monoisotopic (exact) mass is 306 g/mol. The molecular formula is C15H18N2O5. The molecule has 1 saturated heterocycles. The average Bonchev–Trinajstić information content (AvgIpc) is 2.52. The average molecular weight is 306 g/mol. The van der Waals surface area contributed by atoms with Crippen LogP contribution in [-0.2, 0) is 9.59 Å². The topological polar surface area (TPSA) is 110 Å². The van der Waals surface area contributed by atoms with Gasteiger partial charge in [0.05, 0.1) is 11.5 Å². The number of primary amides is 1. The molecule has 1 aliphatic rings.